The van der Waals surface area contributed by atoms with Gasteiger partial charge in [-0.05, 0) is 41.8 Å². The monoisotopic (exact) mass is 584 g/mol. The minimum absolute atomic E-state index is 0.110. The highest BCUT2D eigenvalue weighted by Gasteiger charge is 2.19. The predicted octanol–water partition coefficient (Wildman–Crippen LogP) is 5.44. The zero-order valence-corrected chi connectivity index (χ0v) is 25.1. The summed E-state index contributed by atoms with van der Waals surface area (Å²) in [7, 11) is 1.69. The molecule has 0 atom stereocenters. The van der Waals surface area contributed by atoms with E-state index in [1.807, 2.05) is 17.5 Å². The largest absolute Gasteiger partial charge is 0.497 e. The van der Waals surface area contributed by atoms with Crippen LogP contribution in [-0.4, -0.2) is 73.7 Å². The summed E-state index contributed by atoms with van der Waals surface area (Å²) in [5.74, 6) is 1.03. The molecule has 1 N–H and O–H groups in total. The van der Waals surface area contributed by atoms with Crippen molar-refractivity contribution in [2.24, 2.45) is 0 Å². The van der Waals surface area contributed by atoms with Gasteiger partial charge in [0.25, 0.3) is 5.91 Å². The first-order chi connectivity index (χ1) is 20.7. The first-order valence-electron chi connectivity index (χ1n) is 14.7. The van der Waals surface area contributed by atoms with Gasteiger partial charge in [-0.3, -0.25) is 14.6 Å². The molecule has 0 spiro atoms. The number of amides is 1. The summed E-state index contributed by atoms with van der Waals surface area (Å²) < 4.78 is 10.8. The number of ether oxygens (including phenoxy) is 2. The van der Waals surface area contributed by atoms with Crippen LogP contribution in [0.15, 0.2) is 90.3 Å². The number of carbonyl (C=O) groups excluding carboxylic acids is 1. The molecule has 1 fully saturated rings. The van der Waals surface area contributed by atoms with Crippen molar-refractivity contribution < 1.29 is 14.3 Å². The molecule has 4 aromatic rings. The molecule has 42 heavy (non-hydrogen) atoms. The molecule has 1 aliphatic heterocycles. The average molecular weight is 585 g/mol. The Hall–Kier alpha value is -3.56. The first kappa shape index (κ1) is 29.9. The van der Waals surface area contributed by atoms with Crippen molar-refractivity contribution in [3.63, 3.8) is 0 Å². The molecule has 8 heteroatoms. The molecule has 3 aromatic carbocycles. The number of nitrogens with zero attached hydrogens (tertiary/aromatic N) is 3. The van der Waals surface area contributed by atoms with Crippen molar-refractivity contribution in [1.29, 1.82) is 0 Å². The minimum atomic E-state index is -0.110. The van der Waals surface area contributed by atoms with E-state index in [2.05, 4.69) is 87.9 Å². The van der Waals surface area contributed by atoms with Crippen LogP contribution >= 0.6 is 11.3 Å². The molecule has 1 amide bonds. The van der Waals surface area contributed by atoms with Crippen LogP contribution in [0, 0.1) is 0 Å². The van der Waals surface area contributed by atoms with E-state index in [1.54, 1.807) is 18.4 Å². The minimum Gasteiger partial charge on any atom is -0.497 e. The van der Waals surface area contributed by atoms with Gasteiger partial charge in [0, 0.05) is 44.0 Å². The Labute approximate surface area is 253 Å². The smallest absolute Gasteiger partial charge is 0.270 e. The lowest BCUT2D eigenvalue weighted by molar-refractivity contribution is 0.0383. The Kier molecular flexibility index (Phi) is 11.1. The van der Waals surface area contributed by atoms with E-state index in [9.17, 15) is 4.79 Å². The number of hydrogen-bond donors (Lipinski definition) is 1. The predicted molar refractivity (Wildman–Crippen MR) is 168 cm³/mol. The van der Waals surface area contributed by atoms with Gasteiger partial charge in [-0.2, -0.15) is 0 Å². The Morgan fingerprint density at radius 3 is 2.29 bits per heavy atom. The molecule has 1 saturated heterocycles. The van der Waals surface area contributed by atoms with Crippen LogP contribution in [-0.2, 0) is 17.8 Å². The molecule has 1 aliphatic rings. The number of rotatable bonds is 14. The lowest BCUT2D eigenvalue weighted by Crippen LogP contribution is -2.41. The molecule has 220 valence electrons. The highest BCUT2D eigenvalue weighted by atomic mass is 32.1. The number of carbonyl (C=O) groups is 1. The quantitative estimate of drug-likeness (QED) is 0.213. The highest BCUT2D eigenvalue weighted by molar-refractivity contribution is 7.09. The van der Waals surface area contributed by atoms with Gasteiger partial charge in [0.05, 0.1) is 26.9 Å². The SMILES string of the molecule is COc1ccc(CN(CCC(c2ccccc2)c2ccccc2)Cc2nc(C(=O)NCCN3CCOCC3)cs2)cc1. The summed E-state index contributed by atoms with van der Waals surface area (Å²) in [6.07, 6.45) is 0.963. The van der Waals surface area contributed by atoms with E-state index in [1.165, 1.54) is 16.7 Å². The molecule has 1 aromatic heterocycles. The number of methoxy groups -OCH3 is 1. The normalized spacial score (nSPS) is 13.9. The number of aromatic nitrogens is 1. The van der Waals surface area contributed by atoms with Crippen molar-refractivity contribution in [2.45, 2.75) is 25.4 Å². The molecular weight excluding hydrogens is 544 g/mol. The van der Waals surface area contributed by atoms with Crippen molar-refractivity contribution in [3.05, 3.63) is 118 Å². The molecule has 0 aliphatic carbocycles. The van der Waals surface area contributed by atoms with Crippen molar-refractivity contribution in [1.82, 2.24) is 20.1 Å². The van der Waals surface area contributed by atoms with Gasteiger partial charge in [-0.15, -0.1) is 11.3 Å². The maximum Gasteiger partial charge on any atom is 0.270 e. The molecule has 0 saturated carbocycles. The van der Waals surface area contributed by atoms with E-state index in [-0.39, 0.29) is 11.8 Å². The molecule has 0 radical (unpaired) electrons. The maximum atomic E-state index is 12.8. The molecule has 5 rings (SSSR count). The van der Waals surface area contributed by atoms with Crippen molar-refractivity contribution >= 4 is 17.2 Å². The van der Waals surface area contributed by atoms with Crippen LogP contribution in [0.1, 0.15) is 44.5 Å². The fraction of sp³-hybridized carbons (Fsp3) is 0.353. The summed E-state index contributed by atoms with van der Waals surface area (Å²) in [5, 5.41) is 5.86. The van der Waals surface area contributed by atoms with Gasteiger partial charge < -0.3 is 14.8 Å². The van der Waals surface area contributed by atoms with Gasteiger partial charge in [0.15, 0.2) is 0 Å². The summed E-state index contributed by atoms with van der Waals surface area (Å²) in [6, 6.07) is 29.7. The van der Waals surface area contributed by atoms with E-state index in [0.29, 0.717) is 18.8 Å². The topological polar surface area (TPSA) is 66.9 Å². The zero-order valence-electron chi connectivity index (χ0n) is 24.3. The van der Waals surface area contributed by atoms with E-state index < -0.39 is 0 Å². The third kappa shape index (κ3) is 8.72. The maximum absolute atomic E-state index is 12.8. The summed E-state index contributed by atoms with van der Waals surface area (Å²) in [5.41, 5.74) is 4.34. The Balaban J connectivity index is 1.26. The summed E-state index contributed by atoms with van der Waals surface area (Å²) in [4.78, 5) is 22.3. The average Bonchev–Trinajstić information content (AvgIpc) is 3.51. The number of morpholine rings is 1. The lowest BCUT2D eigenvalue weighted by Gasteiger charge is -2.26. The molecule has 0 unspecified atom stereocenters. The van der Waals surface area contributed by atoms with Gasteiger partial charge in [0.1, 0.15) is 16.5 Å². The number of thiazole rings is 1. The fourth-order valence-electron chi connectivity index (χ4n) is 5.33. The highest BCUT2D eigenvalue weighted by Crippen LogP contribution is 2.29. The third-order valence-corrected chi connectivity index (χ3v) is 8.50. The van der Waals surface area contributed by atoms with E-state index in [0.717, 1.165) is 63.1 Å². The van der Waals surface area contributed by atoms with Gasteiger partial charge in [-0.1, -0.05) is 72.8 Å². The van der Waals surface area contributed by atoms with Gasteiger partial charge in [-0.25, -0.2) is 4.98 Å². The zero-order chi connectivity index (χ0) is 29.0. The lowest BCUT2D eigenvalue weighted by atomic mass is 9.88. The van der Waals surface area contributed by atoms with Crippen LogP contribution in [0.5, 0.6) is 5.75 Å². The number of benzene rings is 3. The fourth-order valence-corrected chi connectivity index (χ4v) is 6.15. The number of nitrogens with one attached hydrogen (secondary N) is 1. The first-order valence-corrected chi connectivity index (χ1v) is 15.5. The van der Waals surface area contributed by atoms with Crippen LogP contribution in [0.4, 0.5) is 0 Å². The molecular formula is C34H40N4O3S. The second-order valence-electron chi connectivity index (χ2n) is 10.6. The molecule has 0 bridgehead atoms. The van der Waals surface area contributed by atoms with Crippen LogP contribution in [0.3, 0.4) is 0 Å². The standard InChI is InChI=1S/C34H40N4O3S/c1-40-30-14-12-27(13-15-30)24-38(18-16-31(28-8-4-2-5-9-28)29-10-6-3-7-11-29)25-33-36-32(26-42-33)34(39)35-17-19-37-20-22-41-23-21-37/h2-15,26,31H,16-25H2,1H3,(H,35,39). The Morgan fingerprint density at radius 2 is 1.64 bits per heavy atom. The second-order valence-corrected chi connectivity index (χ2v) is 11.5. The summed E-state index contributed by atoms with van der Waals surface area (Å²) >= 11 is 1.55. The van der Waals surface area contributed by atoms with E-state index >= 15 is 0 Å². The van der Waals surface area contributed by atoms with E-state index in [4.69, 9.17) is 14.5 Å². The Bertz CT molecular complexity index is 1320. The Morgan fingerprint density at radius 1 is 0.976 bits per heavy atom. The van der Waals surface area contributed by atoms with Gasteiger partial charge >= 0.3 is 0 Å². The molecule has 2 heterocycles. The number of hydrogen-bond acceptors (Lipinski definition) is 7. The second kappa shape index (κ2) is 15.6. The van der Waals surface area contributed by atoms with Crippen LogP contribution in [0.25, 0.3) is 0 Å². The van der Waals surface area contributed by atoms with Crippen LogP contribution < -0.4 is 10.1 Å². The van der Waals surface area contributed by atoms with Crippen LogP contribution in [0.2, 0.25) is 0 Å². The van der Waals surface area contributed by atoms with Crippen molar-refractivity contribution in [3.8, 4) is 5.75 Å². The van der Waals surface area contributed by atoms with Gasteiger partial charge in [0.2, 0.25) is 0 Å². The third-order valence-electron chi connectivity index (χ3n) is 7.66. The summed E-state index contributed by atoms with van der Waals surface area (Å²) in [6.45, 7) is 7.10. The molecule has 7 nitrogen and oxygen atoms in total. The van der Waals surface area contributed by atoms with Crippen molar-refractivity contribution in [2.75, 3.05) is 53.0 Å².